The van der Waals surface area contributed by atoms with Crippen LogP contribution in [0.15, 0.2) is 23.8 Å². The lowest BCUT2D eigenvalue weighted by Crippen LogP contribution is -2.24. The molecule has 1 saturated carbocycles. The molecule has 25 heavy (non-hydrogen) atoms. The summed E-state index contributed by atoms with van der Waals surface area (Å²) in [5.74, 6) is -2.33. The van der Waals surface area contributed by atoms with Crippen molar-refractivity contribution in [3.63, 3.8) is 0 Å². The third kappa shape index (κ3) is 12.1. The number of alkyl halides is 2. The van der Waals surface area contributed by atoms with Gasteiger partial charge in [-0.2, -0.15) is 0 Å². The van der Waals surface area contributed by atoms with Gasteiger partial charge in [-0.1, -0.05) is 79.5 Å². The van der Waals surface area contributed by atoms with Crippen LogP contribution in [0.1, 0.15) is 87.5 Å². The van der Waals surface area contributed by atoms with Gasteiger partial charge in [-0.15, -0.1) is 0 Å². The first-order chi connectivity index (χ1) is 11.8. The molecular weight excluding hydrogens is 318 g/mol. The Labute approximate surface area is 155 Å². The molecule has 0 aromatic carbocycles. The van der Waals surface area contributed by atoms with Gasteiger partial charge in [-0.25, -0.2) is 8.78 Å². The molecule has 0 heterocycles. The Morgan fingerprint density at radius 1 is 1.24 bits per heavy atom. The van der Waals surface area contributed by atoms with Gasteiger partial charge in [-0.3, -0.25) is 4.79 Å². The van der Waals surface area contributed by atoms with Gasteiger partial charge in [0.1, 0.15) is 5.78 Å². The predicted molar refractivity (Wildman–Crippen MR) is 106 cm³/mol. The van der Waals surface area contributed by atoms with Gasteiger partial charge in [0.25, 0.3) is 5.92 Å². The molecule has 1 fully saturated rings. The fourth-order valence-corrected chi connectivity index (χ4v) is 2.09. The number of ketones is 1. The van der Waals surface area contributed by atoms with E-state index < -0.39 is 11.8 Å². The second-order valence-corrected chi connectivity index (χ2v) is 6.48. The Hall–Kier alpha value is -0.990. The molecule has 2 aliphatic rings. The summed E-state index contributed by atoms with van der Waals surface area (Å²) in [5, 5.41) is 0. The number of carbonyl (C=O) groups is 1. The van der Waals surface area contributed by atoms with Gasteiger partial charge in [0.2, 0.25) is 0 Å². The van der Waals surface area contributed by atoms with Crippen molar-refractivity contribution in [1.29, 1.82) is 0 Å². The average molecular weight is 359 g/mol. The maximum atomic E-state index is 13.1. The molecule has 148 valence electrons. The Morgan fingerprint density at radius 2 is 1.72 bits per heavy atom. The van der Waals surface area contributed by atoms with Crippen molar-refractivity contribution in [1.82, 2.24) is 0 Å². The summed E-state index contributed by atoms with van der Waals surface area (Å²) >= 11 is 0. The fourth-order valence-electron chi connectivity index (χ4n) is 2.09. The van der Waals surface area contributed by atoms with Crippen LogP contribution in [-0.2, 0) is 4.79 Å². The van der Waals surface area contributed by atoms with E-state index in [2.05, 4.69) is 6.92 Å². The van der Waals surface area contributed by atoms with E-state index in [-0.39, 0.29) is 11.7 Å². The average Bonchev–Trinajstić information content (AvgIpc) is 3.40. The molecule has 2 atom stereocenters. The number of allylic oxidation sites excluding steroid dienone is 4. The van der Waals surface area contributed by atoms with E-state index in [1.54, 1.807) is 18.2 Å². The highest BCUT2D eigenvalue weighted by Gasteiger charge is 2.33. The zero-order valence-corrected chi connectivity index (χ0v) is 17.7. The molecule has 1 nitrogen and oxygen atoms in total. The summed E-state index contributed by atoms with van der Waals surface area (Å²) < 4.78 is 26.3. The van der Waals surface area contributed by atoms with Crippen LogP contribution in [0.2, 0.25) is 0 Å². The SMILES string of the molecule is CC.CC.CC1CC1.CCCC(=O)C1C=CC(C(C)C(C)(F)F)=CC1. The molecule has 0 aromatic rings. The first-order valence-electron chi connectivity index (χ1n) is 10.0. The van der Waals surface area contributed by atoms with E-state index in [1.165, 1.54) is 19.8 Å². The molecule has 0 N–H and O–H groups in total. The van der Waals surface area contributed by atoms with Crippen LogP contribution < -0.4 is 0 Å². The molecule has 0 radical (unpaired) electrons. The summed E-state index contributed by atoms with van der Waals surface area (Å²) in [6.07, 6.45) is 10.2. The molecule has 3 heteroatoms. The minimum absolute atomic E-state index is 0.114. The number of rotatable bonds is 5. The van der Waals surface area contributed by atoms with Crippen LogP contribution in [-0.4, -0.2) is 11.7 Å². The first kappa shape index (κ1) is 26.2. The Bertz CT molecular complexity index is 401. The van der Waals surface area contributed by atoms with Gasteiger partial charge in [-0.05, 0) is 31.3 Å². The second-order valence-electron chi connectivity index (χ2n) is 6.48. The van der Waals surface area contributed by atoms with Crippen molar-refractivity contribution in [2.45, 2.75) is 93.4 Å². The molecular formula is C22H40F2O. The van der Waals surface area contributed by atoms with Crippen LogP contribution in [0.4, 0.5) is 8.78 Å². The quantitative estimate of drug-likeness (QED) is 0.494. The molecule has 0 spiro atoms. The number of hydrogen-bond acceptors (Lipinski definition) is 1. The summed E-state index contributed by atoms with van der Waals surface area (Å²) in [7, 11) is 0. The van der Waals surface area contributed by atoms with Gasteiger partial charge < -0.3 is 0 Å². The van der Waals surface area contributed by atoms with E-state index in [0.29, 0.717) is 18.4 Å². The summed E-state index contributed by atoms with van der Waals surface area (Å²) in [6, 6.07) is 0. The molecule has 2 rings (SSSR count). The van der Waals surface area contributed by atoms with Gasteiger partial charge in [0, 0.05) is 18.3 Å². The predicted octanol–water partition coefficient (Wildman–Crippen LogP) is 7.62. The van der Waals surface area contributed by atoms with E-state index in [4.69, 9.17) is 0 Å². The monoisotopic (exact) mass is 358 g/mol. The lowest BCUT2D eigenvalue weighted by atomic mass is 9.85. The van der Waals surface area contributed by atoms with E-state index in [0.717, 1.165) is 19.3 Å². The normalized spacial score (nSPS) is 19.8. The zero-order chi connectivity index (χ0) is 20.0. The molecule has 0 amide bonds. The van der Waals surface area contributed by atoms with Crippen LogP contribution in [0.3, 0.4) is 0 Å². The third-order valence-corrected chi connectivity index (χ3v) is 4.16. The number of Topliss-reactive ketones (excluding diaryl/α,β-unsaturated/α-hetero) is 1. The highest BCUT2D eigenvalue weighted by Crippen LogP contribution is 2.33. The standard InChI is InChI=1S/C14H20F2O.C4H8.2C2H6/c1-4-5-13(17)12-8-6-11(7-9-12)10(2)14(3,15)16;1-4-2-3-4;2*1-2/h6-8,10,12H,4-5,9H2,1-3H3;4H,2-3H2,1H3;2*1-2H3. The Kier molecular flexibility index (Phi) is 14.9. The summed E-state index contributed by atoms with van der Waals surface area (Å²) in [4.78, 5) is 11.6. The van der Waals surface area contributed by atoms with Crippen molar-refractivity contribution < 1.29 is 13.6 Å². The summed E-state index contributed by atoms with van der Waals surface area (Å²) in [5.41, 5.74) is 0.637. The minimum Gasteiger partial charge on any atom is -0.299 e. The lowest BCUT2D eigenvalue weighted by molar-refractivity contribution is -0.121. The van der Waals surface area contributed by atoms with Crippen molar-refractivity contribution >= 4 is 5.78 Å². The van der Waals surface area contributed by atoms with Crippen molar-refractivity contribution in [2.75, 3.05) is 0 Å². The van der Waals surface area contributed by atoms with Gasteiger partial charge in [0.05, 0.1) is 0 Å². The highest BCUT2D eigenvalue weighted by molar-refractivity contribution is 5.83. The molecule has 2 aliphatic carbocycles. The number of hydrogen-bond donors (Lipinski definition) is 0. The van der Waals surface area contributed by atoms with Crippen LogP contribution in [0.25, 0.3) is 0 Å². The maximum Gasteiger partial charge on any atom is 0.251 e. The molecule has 0 aliphatic heterocycles. The molecule has 0 bridgehead atoms. The molecule has 2 unspecified atom stereocenters. The van der Waals surface area contributed by atoms with Crippen LogP contribution >= 0.6 is 0 Å². The van der Waals surface area contributed by atoms with Gasteiger partial charge >= 0.3 is 0 Å². The smallest absolute Gasteiger partial charge is 0.251 e. The van der Waals surface area contributed by atoms with E-state index in [9.17, 15) is 13.6 Å². The Morgan fingerprint density at radius 3 is 2.00 bits per heavy atom. The number of halogens is 2. The zero-order valence-electron chi connectivity index (χ0n) is 17.7. The fraction of sp³-hybridized carbons (Fsp3) is 0.773. The second kappa shape index (κ2) is 14.2. The molecule has 0 aromatic heterocycles. The minimum atomic E-state index is -2.71. The topological polar surface area (TPSA) is 17.1 Å². The third-order valence-electron chi connectivity index (χ3n) is 4.16. The molecule has 0 saturated heterocycles. The van der Waals surface area contributed by atoms with Crippen molar-refractivity contribution in [3.05, 3.63) is 23.8 Å². The van der Waals surface area contributed by atoms with Crippen molar-refractivity contribution in [2.24, 2.45) is 17.8 Å². The summed E-state index contributed by atoms with van der Waals surface area (Å²) in [6.45, 7) is 14.7. The highest BCUT2D eigenvalue weighted by atomic mass is 19.3. The first-order valence-corrected chi connectivity index (χ1v) is 10.0. The van der Waals surface area contributed by atoms with Crippen LogP contribution in [0.5, 0.6) is 0 Å². The largest absolute Gasteiger partial charge is 0.299 e. The van der Waals surface area contributed by atoms with Gasteiger partial charge in [0.15, 0.2) is 0 Å². The van der Waals surface area contributed by atoms with E-state index in [1.807, 2.05) is 34.6 Å². The lowest BCUT2D eigenvalue weighted by Gasteiger charge is -2.23. The maximum absolute atomic E-state index is 13.1. The Balaban J connectivity index is 0. The van der Waals surface area contributed by atoms with Crippen LogP contribution in [0, 0.1) is 17.8 Å². The van der Waals surface area contributed by atoms with Crippen molar-refractivity contribution in [3.8, 4) is 0 Å². The van der Waals surface area contributed by atoms with E-state index >= 15 is 0 Å². The number of carbonyl (C=O) groups excluding carboxylic acids is 1.